The summed E-state index contributed by atoms with van der Waals surface area (Å²) in [7, 11) is 0. The number of aliphatic hydroxyl groups excluding tert-OH is 1. The standard InChI is InChI=1S/C34H39N3O6/c1-20-16-25(21(2)28(38)17-20)31(40)36-27(18-22-10-6-5-7-11-22)29(39)33(42)37-19-43-34(3,4)30(37)32(41)35-26-15-14-23-12-8-9-13-24(23)26/h5-13,16-17,26-27,29-30,38-39H,14-15,18-19H2,1-4H3,(H,35,41)(H,36,40)/t26-,27-,29-,30+/m0/s1. The lowest BCUT2D eigenvalue weighted by molar-refractivity contribution is -0.147. The third-order valence-electron chi connectivity index (χ3n) is 8.54. The molecular formula is C34H39N3O6. The number of amides is 3. The van der Waals surface area contributed by atoms with Crippen molar-refractivity contribution >= 4 is 17.7 Å². The van der Waals surface area contributed by atoms with Crippen LogP contribution in [0.5, 0.6) is 5.75 Å². The van der Waals surface area contributed by atoms with Crippen LogP contribution in [0, 0.1) is 13.8 Å². The normalized spacial score (nSPS) is 20.3. The molecule has 3 aromatic carbocycles. The highest BCUT2D eigenvalue weighted by Crippen LogP contribution is 2.34. The number of aliphatic hydroxyl groups is 1. The number of rotatable bonds is 8. The lowest BCUT2D eigenvalue weighted by atomic mass is 9.95. The second kappa shape index (κ2) is 12.2. The summed E-state index contributed by atoms with van der Waals surface area (Å²) < 4.78 is 5.90. The summed E-state index contributed by atoms with van der Waals surface area (Å²) in [6.45, 7) is 6.71. The van der Waals surface area contributed by atoms with Gasteiger partial charge in [-0.05, 0) is 81.3 Å². The third-order valence-corrected chi connectivity index (χ3v) is 8.54. The number of hydrogen-bond acceptors (Lipinski definition) is 6. The van der Waals surface area contributed by atoms with Gasteiger partial charge in [0, 0.05) is 11.1 Å². The van der Waals surface area contributed by atoms with Crippen LogP contribution in [0.1, 0.15) is 64.5 Å². The lowest BCUT2D eigenvalue weighted by Gasteiger charge is -2.33. The summed E-state index contributed by atoms with van der Waals surface area (Å²) in [5.41, 5.74) is 3.38. The molecule has 0 spiro atoms. The molecule has 0 saturated carbocycles. The summed E-state index contributed by atoms with van der Waals surface area (Å²) in [5.74, 6) is -1.63. The Bertz CT molecular complexity index is 1520. The minimum Gasteiger partial charge on any atom is -0.508 e. The minimum absolute atomic E-state index is 0.0171. The quantitative estimate of drug-likeness (QED) is 0.321. The van der Waals surface area contributed by atoms with Crippen LogP contribution >= 0.6 is 0 Å². The number of phenolic OH excluding ortho intramolecular Hbond substituents is 1. The molecule has 1 heterocycles. The molecular weight excluding hydrogens is 546 g/mol. The monoisotopic (exact) mass is 585 g/mol. The zero-order valence-electron chi connectivity index (χ0n) is 25.0. The van der Waals surface area contributed by atoms with E-state index >= 15 is 0 Å². The van der Waals surface area contributed by atoms with Crippen molar-refractivity contribution in [2.75, 3.05) is 6.73 Å². The Morgan fingerprint density at radius 2 is 1.74 bits per heavy atom. The molecule has 1 fully saturated rings. The Labute approximate surface area is 251 Å². The molecule has 1 saturated heterocycles. The highest BCUT2D eigenvalue weighted by molar-refractivity contribution is 5.97. The van der Waals surface area contributed by atoms with E-state index in [1.54, 1.807) is 39.8 Å². The third kappa shape index (κ3) is 6.28. The van der Waals surface area contributed by atoms with Crippen molar-refractivity contribution in [1.82, 2.24) is 15.5 Å². The first kappa shape index (κ1) is 30.3. The molecule has 9 heteroatoms. The molecule has 4 N–H and O–H groups in total. The van der Waals surface area contributed by atoms with Crippen LogP contribution in [0.25, 0.3) is 0 Å². The molecule has 1 aliphatic carbocycles. The van der Waals surface area contributed by atoms with Crippen LogP contribution in [0.3, 0.4) is 0 Å². The molecule has 5 rings (SSSR count). The van der Waals surface area contributed by atoms with Crippen LogP contribution < -0.4 is 10.6 Å². The fourth-order valence-electron chi connectivity index (χ4n) is 6.14. The first-order valence-corrected chi connectivity index (χ1v) is 14.6. The molecule has 0 bridgehead atoms. The van der Waals surface area contributed by atoms with E-state index in [1.807, 2.05) is 48.5 Å². The van der Waals surface area contributed by atoms with Crippen molar-refractivity contribution in [3.63, 3.8) is 0 Å². The summed E-state index contributed by atoms with van der Waals surface area (Å²) in [5, 5.41) is 27.7. The number of aromatic hydroxyl groups is 1. The van der Waals surface area contributed by atoms with Crippen molar-refractivity contribution < 1.29 is 29.3 Å². The Hall–Kier alpha value is -4.21. The second-order valence-electron chi connectivity index (χ2n) is 12.1. The molecule has 226 valence electrons. The van der Waals surface area contributed by atoms with Gasteiger partial charge < -0.3 is 30.5 Å². The maximum atomic E-state index is 13.9. The number of nitrogens with zero attached hydrogens (tertiary/aromatic N) is 1. The van der Waals surface area contributed by atoms with Crippen LogP contribution in [0.4, 0.5) is 0 Å². The van der Waals surface area contributed by atoms with Gasteiger partial charge in [0.2, 0.25) is 5.91 Å². The van der Waals surface area contributed by atoms with Crippen LogP contribution in [0.2, 0.25) is 0 Å². The molecule has 43 heavy (non-hydrogen) atoms. The first-order chi connectivity index (χ1) is 20.5. The van der Waals surface area contributed by atoms with E-state index in [9.17, 15) is 24.6 Å². The molecule has 9 nitrogen and oxygen atoms in total. The van der Waals surface area contributed by atoms with E-state index in [1.165, 1.54) is 10.5 Å². The summed E-state index contributed by atoms with van der Waals surface area (Å²) in [4.78, 5) is 42.4. The number of carbonyl (C=O) groups is 3. The van der Waals surface area contributed by atoms with Gasteiger partial charge in [-0.15, -0.1) is 0 Å². The molecule has 1 aliphatic heterocycles. The average molecular weight is 586 g/mol. The molecule has 0 radical (unpaired) electrons. The molecule has 4 atom stereocenters. The topological polar surface area (TPSA) is 128 Å². The SMILES string of the molecule is Cc1cc(O)c(C)c(C(=O)N[C@@H](Cc2ccccc2)[C@H](O)C(=O)N2COC(C)(C)[C@H]2C(=O)N[C@H]2CCc3ccccc32)c1. The number of phenols is 1. The Morgan fingerprint density at radius 3 is 2.49 bits per heavy atom. The van der Waals surface area contributed by atoms with Gasteiger partial charge in [0.15, 0.2) is 6.10 Å². The summed E-state index contributed by atoms with van der Waals surface area (Å²) in [6, 6.07) is 18.2. The van der Waals surface area contributed by atoms with Gasteiger partial charge in [-0.2, -0.15) is 0 Å². The largest absolute Gasteiger partial charge is 0.508 e. The van der Waals surface area contributed by atoms with Crippen molar-refractivity contribution in [2.45, 2.75) is 76.8 Å². The van der Waals surface area contributed by atoms with Crippen LogP contribution in [0.15, 0.2) is 66.7 Å². The maximum absolute atomic E-state index is 13.9. The molecule has 3 aromatic rings. The van der Waals surface area contributed by atoms with E-state index < -0.39 is 35.6 Å². The number of fused-ring (bicyclic) bond motifs is 1. The van der Waals surface area contributed by atoms with Gasteiger partial charge in [0.05, 0.1) is 17.7 Å². The molecule has 3 amide bonds. The van der Waals surface area contributed by atoms with Gasteiger partial charge >= 0.3 is 0 Å². The molecule has 0 unspecified atom stereocenters. The maximum Gasteiger partial charge on any atom is 0.256 e. The van der Waals surface area contributed by atoms with Gasteiger partial charge in [-0.3, -0.25) is 14.4 Å². The Balaban J connectivity index is 1.38. The zero-order chi connectivity index (χ0) is 30.9. The fraction of sp³-hybridized carbons (Fsp3) is 0.382. The number of benzene rings is 3. The van der Waals surface area contributed by atoms with Gasteiger partial charge in [-0.1, -0.05) is 54.6 Å². The number of hydrogen-bond donors (Lipinski definition) is 4. The number of aryl methyl sites for hydroxylation is 2. The fourth-order valence-corrected chi connectivity index (χ4v) is 6.14. The highest BCUT2D eigenvalue weighted by atomic mass is 16.5. The van der Waals surface area contributed by atoms with Gasteiger partial charge in [0.1, 0.15) is 18.5 Å². The summed E-state index contributed by atoms with van der Waals surface area (Å²) >= 11 is 0. The number of ether oxygens (including phenoxy) is 1. The summed E-state index contributed by atoms with van der Waals surface area (Å²) in [6.07, 6.45) is 0.0910. The van der Waals surface area contributed by atoms with Crippen molar-refractivity contribution in [1.29, 1.82) is 0 Å². The minimum atomic E-state index is -1.68. The van der Waals surface area contributed by atoms with E-state index in [0.29, 0.717) is 11.1 Å². The van der Waals surface area contributed by atoms with Gasteiger partial charge in [-0.25, -0.2) is 0 Å². The van der Waals surface area contributed by atoms with E-state index in [-0.39, 0.29) is 36.4 Å². The predicted molar refractivity (Wildman–Crippen MR) is 161 cm³/mol. The predicted octanol–water partition coefficient (Wildman–Crippen LogP) is 3.48. The van der Waals surface area contributed by atoms with E-state index in [4.69, 9.17) is 4.74 Å². The van der Waals surface area contributed by atoms with Crippen molar-refractivity contribution in [2.24, 2.45) is 0 Å². The first-order valence-electron chi connectivity index (χ1n) is 14.6. The van der Waals surface area contributed by atoms with Crippen LogP contribution in [-0.2, 0) is 27.2 Å². The number of carbonyl (C=O) groups excluding carboxylic acids is 3. The van der Waals surface area contributed by atoms with E-state index in [2.05, 4.69) is 16.7 Å². The highest BCUT2D eigenvalue weighted by Gasteiger charge is 2.51. The Kier molecular flexibility index (Phi) is 8.57. The second-order valence-corrected chi connectivity index (χ2v) is 12.1. The zero-order valence-corrected chi connectivity index (χ0v) is 25.0. The lowest BCUT2D eigenvalue weighted by Crippen LogP contribution is -2.59. The van der Waals surface area contributed by atoms with Crippen LogP contribution in [-0.4, -0.2) is 63.4 Å². The van der Waals surface area contributed by atoms with Crippen molar-refractivity contribution in [3.8, 4) is 5.75 Å². The smallest absolute Gasteiger partial charge is 0.256 e. The van der Waals surface area contributed by atoms with E-state index in [0.717, 1.165) is 24.0 Å². The number of nitrogens with one attached hydrogen (secondary N) is 2. The van der Waals surface area contributed by atoms with Gasteiger partial charge in [0.25, 0.3) is 11.8 Å². The average Bonchev–Trinajstić information content (AvgIpc) is 3.53. The Morgan fingerprint density at radius 1 is 1.05 bits per heavy atom. The molecule has 0 aromatic heterocycles. The molecule has 2 aliphatic rings. The van der Waals surface area contributed by atoms with Crippen molar-refractivity contribution in [3.05, 3.63) is 100 Å².